The summed E-state index contributed by atoms with van der Waals surface area (Å²) in [5.74, 6) is 2.20. The van der Waals surface area contributed by atoms with Gasteiger partial charge in [-0.2, -0.15) is 13.5 Å². The topological polar surface area (TPSA) is 71.0 Å². The Hall–Kier alpha value is -2.81. The number of hydrazine groups is 1. The first-order valence-electron chi connectivity index (χ1n) is 12.8. The van der Waals surface area contributed by atoms with E-state index in [9.17, 15) is 9.90 Å². The van der Waals surface area contributed by atoms with Gasteiger partial charge in [0, 0.05) is 7.05 Å². The number of para-hydroxylation sites is 1. The molecule has 3 aromatic rings. The van der Waals surface area contributed by atoms with E-state index < -0.39 is 0 Å². The van der Waals surface area contributed by atoms with Crippen LogP contribution in [0.25, 0.3) is 0 Å². The fourth-order valence-electron chi connectivity index (χ4n) is 3.11. The van der Waals surface area contributed by atoms with Crippen molar-refractivity contribution in [1.29, 1.82) is 0 Å². The number of carbonyl (C=O) groups excluding carboxylic acids is 1. The van der Waals surface area contributed by atoms with Crippen LogP contribution >= 0.6 is 25.7 Å². The van der Waals surface area contributed by atoms with E-state index in [1.54, 1.807) is 25.2 Å². The zero-order chi connectivity index (χ0) is 28.4. The standard InChI is InChI=1S/C24H26N2O4S.3C2H6.H2S/c1-16-14-21(10-11-22(16)27)29-24-17(2)12-19(13-18(24)3)15-23(28)25-26(4)31-30-20-8-6-5-7-9-20;3*1-2;/h5-14,27H,15H2,1-4H3,(H,25,28);3*1-2H3;1H2. The fraction of sp³-hybridized carbons (Fsp3) is 0.367. The van der Waals surface area contributed by atoms with Crippen molar-refractivity contribution in [1.82, 2.24) is 9.84 Å². The molecule has 212 valence electrons. The molecule has 0 atom stereocenters. The van der Waals surface area contributed by atoms with Crippen LogP contribution in [-0.4, -0.2) is 22.5 Å². The monoisotopic (exact) mass is 562 g/mol. The van der Waals surface area contributed by atoms with Gasteiger partial charge in [-0.1, -0.05) is 71.9 Å². The summed E-state index contributed by atoms with van der Waals surface area (Å²) < 4.78 is 13.1. The number of carbonyl (C=O) groups is 1. The average Bonchev–Trinajstić information content (AvgIpc) is 2.91. The minimum atomic E-state index is -0.145. The van der Waals surface area contributed by atoms with Crippen molar-refractivity contribution in [3.05, 3.63) is 82.9 Å². The summed E-state index contributed by atoms with van der Waals surface area (Å²) in [5, 5.41) is 9.69. The molecule has 0 aromatic heterocycles. The molecule has 0 radical (unpaired) electrons. The predicted molar refractivity (Wildman–Crippen MR) is 168 cm³/mol. The average molecular weight is 563 g/mol. The van der Waals surface area contributed by atoms with Gasteiger partial charge in [-0.3, -0.25) is 10.2 Å². The quantitative estimate of drug-likeness (QED) is 0.163. The molecule has 0 unspecified atom stereocenters. The molecule has 38 heavy (non-hydrogen) atoms. The summed E-state index contributed by atoms with van der Waals surface area (Å²) >= 11 is 1.04. The van der Waals surface area contributed by atoms with Gasteiger partial charge in [0.15, 0.2) is 12.2 Å². The molecular weight excluding hydrogens is 516 g/mol. The lowest BCUT2D eigenvalue weighted by atomic mass is 10.0. The number of rotatable bonds is 8. The van der Waals surface area contributed by atoms with Crippen LogP contribution < -0.4 is 14.3 Å². The molecule has 0 heterocycles. The van der Waals surface area contributed by atoms with E-state index in [2.05, 4.69) is 5.43 Å². The zero-order valence-electron chi connectivity index (χ0n) is 24.5. The highest BCUT2D eigenvalue weighted by atomic mass is 32.2. The Kier molecular flexibility index (Phi) is 20.8. The van der Waals surface area contributed by atoms with Gasteiger partial charge in [-0.25, -0.2) is 0 Å². The first-order chi connectivity index (χ1) is 17.8. The normalized spacial score (nSPS) is 9.24. The number of hydrogen-bond acceptors (Lipinski definition) is 6. The van der Waals surface area contributed by atoms with Gasteiger partial charge in [0.25, 0.3) is 0 Å². The van der Waals surface area contributed by atoms with Gasteiger partial charge in [0.05, 0.1) is 6.42 Å². The van der Waals surface area contributed by atoms with E-state index >= 15 is 0 Å². The number of ether oxygens (including phenoxy) is 1. The summed E-state index contributed by atoms with van der Waals surface area (Å²) in [6, 6.07) is 18.4. The second kappa shape index (κ2) is 21.2. The van der Waals surface area contributed by atoms with Gasteiger partial charge < -0.3 is 14.0 Å². The Balaban J connectivity index is 0. The molecule has 0 aliphatic heterocycles. The van der Waals surface area contributed by atoms with Crippen molar-refractivity contribution >= 4 is 31.6 Å². The Labute approximate surface area is 241 Å². The molecule has 0 aliphatic rings. The predicted octanol–water partition coefficient (Wildman–Crippen LogP) is 8.45. The molecule has 0 bridgehead atoms. The largest absolute Gasteiger partial charge is 0.508 e. The van der Waals surface area contributed by atoms with Crippen LogP contribution in [0.4, 0.5) is 0 Å². The number of benzene rings is 3. The third-order valence-electron chi connectivity index (χ3n) is 4.54. The van der Waals surface area contributed by atoms with Crippen LogP contribution in [0.15, 0.2) is 60.7 Å². The molecule has 0 fully saturated rings. The number of phenolic OH excluding ortho intramolecular Hbond substituents is 1. The molecule has 8 heteroatoms. The molecule has 3 aromatic carbocycles. The maximum absolute atomic E-state index is 12.4. The second-order valence-corrected chi connectivity index (χ2v) is 8.15. The van der Waals surface area contributed by atoms with E-state index in [0.29, 0.717) is 11.5 Å². The van der Waals surface area contributed by atoms with Gasteiger partial charge in [-0.05, 0) is 73.4 Å². The minimum absolute atomic E-state index is 0. The van der Waals surface area contributed by atoms with Crippen LogP contribution in [-0.2, 0) is 11.2 Å². The lowest BCUT2D eigenvalue weighted by Crippen LogP contribution is -2.36. The van der Waals surface area contributed by atoms with Gasteiger partial charge >= 0.3 is 0 Å². The molecule has 6 nitrogen and oxygen atoms in total. The van der Waals surface area contributed by atoms with Crippen molar-refractivity contribution in [3.63, 3.8) is 0 Å². The number of hydrogen-bond donors (Lipinski definition) is 2. The smallest absolute Gasteiger partial charge is 0.239 e. The van der Waals surface area contributed by atoms with Gasteiger partial charge in [0.2, 0.25) is 5.91 Å². The number of nitrogens with zero attached hydrogens (tertiary/aromatic N) is 1. The third-order valence-corrected chi connectivity index (χ3v) is 5.13. The number of nitrogens with one attached hydrogen (secondary N) is 1. The minimum Gasteiger partial charge on any atom is -0.508 e. The van der Waals surface area contributed by atoms with Crippen molar-refractivity contribution in [3.8, 4) is 23.0 Å². The first kappa shape index (κ1) is 37.3. The van der Waals surface area contributed by atoms with Crippen LogP contribution in [0.2, 0.25) is 0 Å². The van der Waals surface area contributed by atoms with Gasteiger partial charge in [-0.15, -0.1) is 4.41 Å². The molecule has 2 N–H and O–H groups in total. The van der Waals surface area contributed by atoms with E-state index in [4.69, 9.17) is 8.92 Å². The van der Waals surface area contributed by atoms with Crippen LogP contribution in [0.1, 0.15) is 63.8 Å². The molecule has 1 amide bonds. The Bertz CT molecular complexity index is 1040. The third kappa shape index (κ3) is 13.1. The summed E-state index contributed by atoms with van der Waals surface area (Å²) in [7, 11) is 1.72. The van der Waals surface area contributed by atoms with E-state index in [1.165, 1.54) is 4.41 Å². The lowest BCUT2D eigenvalue weighted by Gasteiger charge is -2.17. The van der Waals surface area contributed by atoms with Crippen molar-refractivity contribution in [2.75, 3.05) is 7.05 Å². The molecule has 0 saturated carbocycles. The zero-order valence-corrected chi connectivity index (χ0v) is 26.3. The van der Waals surface area contributed by atoms with Gasteiger partial charge in [0.1, 0.15) is 23.0 Å². The summed E-state index contributed by atoms with van der Waals surface area (Å²) in [6.45, 7) is 17.7. The Morgan fingerprint density at radius 1 is 0.842 bits per heavy atom. The number of aryl methyl sites for hydroxylation is 3. The summed E-state index contributed by atoms with van der Waals surface area (Å²) in [5.41, 5.74) is 6.29. The summed E-state index contributed by atoms with van der Waals surface area (Å²) in [4.78, 5) is 12.4. The van der Waals surface area contributed by atoms with Crippen molar-refractivity contribution < 1.29 is 18.8 Å². The maximum atomic E-state index is 12.4. The van der Waals surface area contributed by atoms with Crippen molar-refractivity contribution in [2.24, 2.45) is 0 Å². The SMILES string of the molecule is CC.CC.CC.Cc1cc(Oc2c(C)cc(CC(=O)NN(C)SOc3ccccc3)cc2C)ccc1O.S. The van der Waals surface area contributed by atoms with E-state index in [1.807, 2.05) is 105 Å². The highest BCUT2D eigenvalue weighted by molar-refractivity contribution is 7.92. The van der Waals surface area contributed by atoms with E-state index in [0.717, 1.165) is 40.2 Å². The molecule has 0 aliphatic carbocycles. The maximum Gasteiger partial charge on any atom is 0.239 e. The molecular formula is C30H46N2O4S2. The number of phenols is 1. The fourth-order valence-corrected chi connectivity index (χ4v) is 3.55. The second-order valence-electron chi connectivity index (χ2n) is 7.29. The number of amides is 1. The van der Waals surface area contributed by atoms with Crippen LogP contribution in [0.5, 0.6) is 23.0 Å². The molecule has 0 spiro atoms. The first-order valence-corrected chi connectivity index (χ1v) is 13.5. The highest BCUT2D eigenvalue weighted by Crippen LogP contribution is 2.32. The Morgan fingerprint density at radius 3 is 1.92 bits per heavy atom. The lowest BCUT2D eigenvalue weighted by molar-refractivity contribution is -0.122. The van der Waals surface area contributed by atoms with Crippen LogP contribution in [0.3, 0.4) is 0 Å². The Morgan fingerprint density at radius 2 is 1.39 bits per heavy atom. The highest BCUT2D eigenvalue weighted by Gasteiger charge is 2.13. The van der Waals surface area contributed by atoms with Crippen LogP contribution in [0, 0.1) is 20.8 Å². The van der Waals surface area contributed by atoms with Crippen molar-refractivity contribution in [2.45, 2.75) is 68.7 Å². The van der Waals surface area contributed by atoms with E-state index in [-0.39, 0.29) is 31.6 Å². The molecule has 3 rings (SSSR count). The number of aromatic hydroxyl groups is 1. The summed E-state index contributed by atoms with van der Waals surface area (Å²) in [6.07, 6.45) is 0.233. The molecule has 0 saturated heterocycles.